The van der Waals surface area contributed by atoms with Crippen LogP contribution in [0.5, 0.6) is 0 Å². The van der Waals surface area contributed by atoms with Crippen LogP contribution in [0.25, 0.3) is 0 Å². The Morgan fingerprint density at radius 1 is 1.39 bits per heavy atom. The first-order valence-electron chi connectivity index (χ1n) is 6.66. The molecule has 1 atom stereocenters. The van der Waals surface area contributed by atoms with E-state index in [1.165, 1.54) is 0 Å². The molecule has 0 amide bonds. The van der Waals surface area contributed by atoms with Crippen LogP contribution in [0, 0.1) is 5.92 Å². The molecule has 1 fully saturated rings. The molecule has 1 unspecified atom stereocenters. The highest BCUT2D eigenvalue weighted by Crippen LogP contribution is 2.04. The van der Waals surface area contributed by atoms with E-state index >= 15 is 0 Å². The third-order valence-corrected chi connectivity index (χ3v) is 3.24. The van der Waals surface area contributed by atoms with Gasteiger partial charge >= 0.3 is 0 Å². The highest BCUT2D eigenvalue weighted by molar-refractivity contribution is 5.79. The Balaban J connectivity index is 2.39. The number of piperazine rings is 1. The summed E-state index contributed by atoms with van der Waals surface area (Å²) in [6, 6.07) is 0.501. The SMILES string of the molecule is CC(C)CN=C(NN)NCC1CN(C)CCN1C. The summed E-state index contributed by atoms with van der Waals surface area (Å²) in [4.78, 5) is 9.14. The number of hydrazine groups is 1. The molecule has 0 aliphatic carbocycles. The minimum absolute atomic E-state index is 0.501. The minimum Gasteiger partial charge on any atom is -0.354 e. The van der Waals surface area contributed by atoms with Crippen molar-refractivity contribution in [1.82, 2.24) is 20.5 Å². The van der Waals surface area contributed by atoms with Gasteiger partial charge in [-0.3, -0.25) is 15.3 Å². The molecule has 1 aliphatic rings. The third kappa shape index (κ3) is 5.20. The second-order valence-corrected chi connectivity index (χ2v) is 5.51. The van der Waals surface area contributed by atoms with E-state index in [1.807, 2.05) is 0 Å². The molecule has 0 aromatic heterocycles. The summed E-state index contributed by atoms with van der Waals surface area (Å²) in [6.07, 6.45) is 0. The number of likely N-dealkylation sites (N-methyl/N-ethyl adjacent to an activating group) is 2. The van der Waals surface area contributed by atoms with Crippen LogP contribution in [0.1, 0.15) is 13.8 Å². The van der Waals surface area contributed by atoms with Gasteiger partial charge in [0.2, 0.25) is 5.96 Å². The van der Waals surface area contributed by atoms with Gasteiger partial charge < -0.3 is 10.2 Å². The predicted octanol–water partition coefficient (Wildman–Crippen LogP) is -0.703. The summed E-state index contributed by atoms with van der Waals surface area (Å²) in [5, 5.41) is 3.29. The number of aliphatic imine (C=N–C) groups is 1. The Bertz CT molecular complexity index is 265. The molecular formula is C12H28N6. The highest BCUT2D eigenvalue weighted by atomic mass is 15.3. The molecule has 6 nitrogen and oxygen atoms in total. The summed E-state index contributed by atoms with van der Waals surface area (Å²) in [7, 11) is 4.33. The van der Waals surface area contributed by atoms with Gasteiger partial charge in [-0.1, -0.05) is 13.8 Å². The van der Waals surface area contributed by atoms with Gasteiger partial charge in [-0.2, -0.15) is 0 Å². The van der Waals surface area contributed by atoms with E-state index in [2.05, 4.69) is 53.5 Å². The highest BCUT2D eigenvalue weighted by Gasteiger charge is 2.21. The number of hydrogen-bond donors (Lipinski definition) is 3. The number of guanidine groups is 1. The summed E-state index contributed by atoms with van der Waals surface area (Å²) >= 11 is 0. The molecule has 1 heterocycles. The number of nitrogens with one attached hydrogen (secondary N) is 2. The fourth-order valence-corrected chi connectivity index (χ4v) is 1.96. The van der Waals surface area contributed by atoms with E-state index in [4.69, 9.17) is 5.84 Å². The van der Waals surface area contributed by atoms with Crippen LogP contribution in [0.4, 0.5) is 0 Å². The quantitative estimate of drug-likeness (QED) is 0.268. The maximum Gasteiger partial charge on any atom is 0.205 e. The Morgan fingerprint density at radius 3 is 2.72 bits per heavy atom. The van der Waals surface area contributed by atoms with Crippen molar-refractivity contribution in [2.75, 3.05) is 46.8 Å². The molecule has 0 saturated carbocycles. The molecule has 0 aromatic rings. The molecule has 0 spiro atoms. The van der Waals surface area contributed by atoms with E-state index in [9.17, 15) is 0 Å². The number of rotatable bonds is 4. The lowest BCUT2D eigenvalue weighted by atomic mass is 10.2. The molecule has 0 bridgehead atoms. The van der Waals surface area contributed by atoms with Crippen molar-refractivity contribution in [3.05, 3.63) is 0 Å². The zero-order valence-electron chi connectivity index (χ0n) is 12.1. The lowest BCUT2D eigenvalue weighted by Crippen LogP contribution is -2.56. The molecule has 1 rings (SSSR count). The Hall–Kier alpha value is -0.850. The van der Waals surface area contributed by atoms with Crippen molar-refractivity contribution in [3.63, 3.8) is 0 Å². The minimum atomic E-state index is 0.501. The van der Waals surface area contributed by atoms with Gasteiger partial charge in [0.1, 0.15) is 0 Å². The van der Waals surface area contributed by atoms with Crippen LogP contribution in [-0.2, 0) is 0 Å². The molecule has 18 heavy (non-hydrogen) atoms. The number of nitrogens with two attached hydrogens (primary N) is 1. The average Bonchev–Trinajstić information content (AvgIpc) is 2.33. The van der Waals surface area contributed by atoms with Crippen molar-refractivity contribution in [3.8, 4) is 0 Å². The van der Waals surface area contributed by atoms with Crippen molar-refractivity contribution in [2.24, 2.45) is 16.8 Å². The smallest absolute Gasteiger partial charge is 0.205 e. The second-order valence-electron chi connectivity index (χ2n) is 5.51. The fourth-order valence-electron chi connectivity index (χ4n) is 1.96. The number of hydrogen-bond acceptors (Lipinski definition) is 4. The van der Waals surface area contributed by atoms with Crippen LogP contribution < -0.4 is 16.6 Å². The standard InChI is InChI=1S/C12H28N6/c1-10(2)7-14-12(16-13)15-8-11-9-17(3)5-6-18(11)4/h10-11H,5-9,13H2,1-4H3,(H2,14,15,16). The Kier molecular flexibility index (Phi) is 6.38. The van der Waals surface area contributed by atoms with Gasteiger partial charge in [-0.25, -0.2) is 5.84 Å². The van der Waals surface area contributed by atoms with E-state index in [-0.39, 0.29) is 0 Å². The molecule has 4 N–H and O–H groups in total. The largest absolute Gasteiger partial charge is 0.354 e. The Labute approximate surface area is 111 Å². The van der Waals surface area contributed by atoms with Crippen LogP contribution in [0.2, 0.25) is 0 Å². The lowest BCUT2D eigenvalue weighted by Gasteiger charge is -2.37. The number of nitrogens with zero attached hydrogens (tertiary/aromatic N) is 3. The summed E-state index contributed by atoms with van der Waals surface area (Å²) in [5.74, 6) is 6.70. The van der Waals surface area contributed by atoms with Crippen LogP contribution in [0.3, 0.4) is 0 Å². The van der Waals surface area contributed by atoms with Crippen molar-refractivity contribution in [2.45, 2.75) is 19.9 Å². The molecule has 106 valence electrons. The zero-order valence-corrected chi connectivity index (χ0v) is 12.1. The van der Waals surface area contributed by atoms with Gasteiger partial charge in [-0.05, 0) is 20.0 Å². The van der Waals surface area contributed by atoms with Crippen molar-refractivity contribution >= 4 is 5.96 Å². The van der Waals surface area contributed by atoms with Gasteiger partial charge in [0.25, 0.3) is 0 Å². The lowest BCUT2D eigenvalue weighted by molar-refractivity contribution is 0.116. The molecule has 1 saturated heterocycles. The molecule has 0 aromatic carbocycles. The molecular weight excluding hydrogens is 228 g/mol. The van der Waals surface area contributed by atoms with Crippen molar-refractivity contribution in [1.29, 1.82) is 0 Å². The first kappa shape index (κ1) is 15.2. The van der Waals surface area contributed by atoms with Crippen LogP contribution in [-0.4, -0.2) is 68.6 Å². The van der Waals surface area contributed by atoms with Crippen LogP contribution in [0.15, 0.2) is 4.99 Å². The molecule has 1 aliphatic heterocycles. The summed E-state index contributed by atoms with van der Waals surface area (Å²) in [6.45, 7) is 9.25. The third-order valence-electron chi connectivity index (χ3n) is 3.24. The van der Waals surface area contributed by atoms with Crippen LogP contribution >= 0.6 is 0 Å². The van der Waals surface area contributed by atoms with Gasteiger partial charge in [0, 0.05) is 38.8 Å². The first-order valence-corrected chi connectivity index (χ1v) is 6.66. The van der Waals surface area contributed by atoms with E-state index in [0.29, 0.717) is 17.9 Å². The fraction of sp³-hybridized carbons (Fsp3) is 0.917. The van der Waals surface area contributed by atoms with Gasteiger partial charge in [0.05, 0.1) is 0 Å². The average molecular weight is 256 g/mol. The zero-order chi connectivity index (χ0) is 13.5. The maximum atomic E-state index is 5.47. The topological polar surface area (TPSA) is 68.9 Å². The summed E-state index contributed by atoms with van der Waals surface area (Å²) < 4.78 is 0. The molecule has 0 radical (unpaired) electrons. The van der Waals surface area contributed by atoms with Gasteiger partial charge in [0.15, 0.2) is 0 Å². The van der Waals surface area contributed by atoms with E-state index < -0.39 is 0 Å². The Morgan fingerprint density at radius 2 is 2.11 bits per heavy atom. The normalized spacial score (nSPS) is 23.4. The first-order chi connectivity index (χ1) is 8.52. The van der Waals surface area contributed by atoms with Gasteiger partial charge in [-0.15, -0.1) is 0 Å². The maximum absolute atomic E-state index is 5.47. The molecule has 6 heteroatoms. The second kappa shape index (κ2) is 7.56. The van der Waals surface area contributed by atoms with Crippen molar-refractivity contribution < 1.29 is 0 Å². The van der Waals surface area contributed by atoms with E-state index in [0.717, 1.165) is 32.7 Å². The predicted molar refractivity (Wildman–Crippen MR) is 76.4 cm³/mol. The monoisotopic (exact) mass is 256 g/mol. The van der Waals surface area contributed by atoms with E-state index in [1.54, 1.807) is 0 Å². The summed E-state index contributed by atoms with van der Waals surface area (Å²) in [5.41, 5.74) is 2.63.